The van der Waals surface area contributed by atoms with Gasteiger partial charge in [-0.1, -0.05) is 62.6 Å². The Bertz CT molecular complexity index is 1600. The molecule has 0 heterocycles. The molecule has 0 aliphatic carbocycles. The minimum Gasteiger partial charge on any atom is -0.506 e. The van der Waals surface area contributed by atoms with Gasteiger partial charge in [0.2, 0.25) is 11.5 Å². The summed E-state index contributed by atoms with van der Waals surface area (Å²) in [6.07, 6.45) is 3.66. The molecule has 4 aromatic carbocycles. The number of aromatic hydroxyl groups is 4. The lowest BCUT2D eigenvalue weighted by Crippen LogP contribution is -2.39. The molecular weight excluding hydrogens is 542 g/mol. The number of phenolic OH excluding ortho intramolecular Hbond substituents is 4. The van der Waals surface area contributed by atoms with E-state index in [9.17, 15) is 30.0 Å². The maximum Gasteiger partial charge on any atom is 0.328 e. The molecule has 4 aromatic rings. The second-order valence-corrected chi connectivity index (χ2v) is 9.96. The number of amides is 1. The van der Waals surface area contributed by atoms with Crippen molar-refractivity contribution in [2.24, 2.45) is 0 Å². The minimum absolute atomic E-state index is 0.0127. The molecule has 0 spiro atoms. The number of fused-ring (bicyclic) bond motifs is 2. The van der Waals surface area contributed by atoms with Crippen molar-refractivity contribution in [3.05, 3.63) is 59.7 Å². The summed E-state index contributed by atoms with van der Waals surface area (Å²) >= 11 is 0. The van der Waals surface area contributed by atoms with Crippen molar-refractivity contribution < 1.29 is 44.2 Å². The standard InChI is InChI=1S/C32H35NO9/c1-4-5-6-9-16-41-29-23-24(26(35)22-11-8-7-10-21(22)25(23)34)30(28(37)27(29)36)42-17-19-12-14-20(15-13-19)31(38)33-18(2)32(39)40-3/h7-8,10-15,18,34-37H,4-6,9,16-17H2,1-3H3,(H,33,38)/t18-/m0/s1. The Morgan fingerprint density at radius 1 is 0.786 bits per heavy atom. The minimum atomic E-state index is -0.821. The van der Waals surface area contributed by atoms with E-state index in [1.807, 2.05) is 0 Å². The van der Waals surface area contributed by atoms with E-state index in [1.165, 1.54) is 14.0 Å². The van der Waals surface area contributed by atoms with E-state index in [-0.39, 0.29) is 47.0 Å². The van der Waals surface area contributed by atoms with Crippen molar-refractivity contribution in [2.75, 3.05) is 13.7 Å². The normalized spacial score (nSPS) is 11.8. The van der Waals surface area contributed by atoms with Crippen LogP contribution in [0.3, 0.4) is 0 Å². The van der Waals surface area contributed by atoms with Crippen LogP contribution >= 0.6 is 0 Å². The van der Waals surface area contributed by atoms with E-state index in [0.29, 0.717) is 28.3 Å². The summed E-state index contributed by atoms with van der Waals surface area (Å²) in [4.78, 5) is 24.0. The lowest BCUT2D eigenvalue weighted by molar-refractivity contribution is -0.142. The van der Waals surface area contributed by atoms with Crippen molar-refractivity contribution in [2.45, 2.75) is 52.2 Å². The van der Waals surface area contributed by atoms with Gasteiger partial charge in [0.15, 0.2) is 11.5 Å². The van der Waals surface area contributed by atoms with E-state index in [0.717, 1.165) is 19.3 Å². The van der Waals surface area contributed by atoms with Crippen molar-refractivity contribution in [1.82, 2.24) is 5.32 Å². The second-order valence-electron chi connectivity index (χ2n) is 9.96. The third-order valence-corrected chi connectivity index (χ3v) is 7.02. The largest absolute Gasteiger partial charge is 0.506 e. The molecule has 0 aromatic heterocycles. The highest BCUT2D eigenvalue weighted by Crippen LogP contribution is 2.57. The van der Waals surface area contributed by atoms with Gasteiger partial charge in [-0.25, -0.2) is 4.79 Å². The first-order chi connectivity index (χ1) is 20.2. The molecule has 5 N–H and O–H groups in total. The molecule has 0 aliphatic rings. The number of methoxy groups -OCH3 is 1. The molecule has 0 bridgehead atoms. The van der Waals surface area contributed by atoms with Crippen LogP contribution in [0.25, 0.3) is 21.5 Å². The highest BCUT2D eigenvalue weighted by molar-refractivity contribution is 6.16. The number of carbonyl (C=O) groups excluding carboxylic acids is 2. The van der Waals surface area contributed by atoms with E-state index < -0.39 is 29.4 Å². The summed E-state index contributed by atoms with van der Waals surface area (Å²) in [5.74, 6) is -3.20. The molecule has 0 saturated carbocycles. The third-order valence-electron chi connectivity index (χ3n) is 7.02. The van der Waals surface area contributed by atoms with Gasteiger partial charge in [-0.3, -0.25) is 4.79 Å². The topological polar surface area (TPSA) is 155 Å². The zero-order chi connectivity index (χ0) is 30.4. The van der Waals surface area contributed by atoms with Crippen LogP contribution in [0.4, 0.5) is 0 Å². The van der Waals surface area contributed by atoms with E-state index in [2.05, 4.69) is 17.0 Å². The van der Waals surface area contributed by atoms with Gasteiger partial charge >= 0.3 is 5.97 Å². The fourth-order valence-corrected chi connectivity index (χ4v) is 4.70. The number of nitrogens with one attached hydrogen (secondary N) is 1. The lowest BCUT2D eigenvalue weighted by atomic mass is 9.98. The Labute approximate surface area is 243 Å². The number of rotatable bonds is 12. The SMILES string of the molecule is CCCCCCOc1c(O)c(O)c(OCc2ccc(C(=O)N[C@@H](C)C(=O)OC)cc2)c2c(O)c3ccccc3c(O)c12. The van der Waals surface area contributed by atoms with Gasteiger partial charge in [0.25, 0.3) is 5.91 Å². The first kappa shape index (κ1) is 30.1. The molecule has 42 heavy (non-hydrogen) atoms. The number of phenols is 4. The Morgan fingerprint density at radius 3 is 1.90 bits per heavy atom. The molecule has 222 valence electrons. The van der Waals surface area contributed by atoms with Crippen LogP contribution in [-0.2, 0) is 16.1 Å². The number of hydrogen-bond donors (Lipinski definition) is 5. The molecule has 0 fully saturated rings. The summed E-state index contributed by atoms with van der Waals surface area (Å²) in [6.45, 7) is 3.71. The zero-order valence-electron chi connectivity index (χ0n) is 23.8. The molecule has 10 heteroatoms. The van der Waals surface area contributed by atoms with Crippen molar-refractivity contribution in [3.8, 4) is 34.5 Å². The summed E-state index contributed by atoms with van der Waals surface area (Å²) in [7, 11) is 1.24. The monoisotopic (exact) mass is 577 g/mol. The number of benzene rings is 4. The quantitative estimate of drug-likeness (QED) is 0.0473. The molecule has 0 unspecified atom stereocenters. The zero-order valence-corrected chi connectivity index (χ0v) is 23.8. The van der Waals surface area contributed by atoms with Gasteiger partial charge in [-0.2, -0.15) is 0 Å². The van der Waals surface area contributed by atoms with E-state index >= 15 is 0 Å². The maximum atomic E-state index is 12.5. The van der Waals surface area contributed by atoms with Gasteiger partial charge < -0.3 is 40.0 Å². The number of hydrogen-bond acceptors (Lipinski definition) is 9. The predicted octanol–water partition coefficient (Wildman–Crippen LogP) is 5.64. The van der Waals surface area contributed by atoms with Crippen molar-refractivity contribution >= 4 is 33.4 Å². The van der Waals surface area contributed by atoms with Gasteiger partial charge in [-0.05, 0) is 31.0 Å². The van der Waals surface area contributed by atoms with Crippen LogP contribution in [-0.4, -0.2) is 52.1 Å². The van der Waals surface area contributed by atoms with Gasteiger partial charge in [0, 0.05) is 16.3 Å². The van der Waals surface area contributed by atoms with Crippen molar-refractivity contribution in [1.29, 1.82) is 0 Å². The Balaban J connectivity index is 1.68. The van der Waals surface area contributed by atoms with E-state index in [4.69, 9.17) is 9.47 Å². The third kappa shape index (κ3) is 6.07. The fourth-order valence-electron chi connectivity index (χ4n) is 4.70. The summed E-state index contributed by atoms with van der Waals surface area (Å²) in [6, 6.07) is 12.2. The average Bonchev–Trinajstić information content (AvgIpc) is 3.00. The molecule has 0 saturated heterocycles. The van der Waals surface area contributed by atoms with Crippen LogP contribution < -0.4 is 14.8 Å². The van der Waals surface area contributed by atoms with Crippen molar-refractivity contribution in [3.63, 3.8) is 0 Å². The summed E-state index contributed by atoms with van der Waals surface area (Å²) < 4.78 is 16.4. The summed E-state index contributed by atoms with van der Waals surface area (Å²) in [5, 5.41) is 47.8. The highest BCUT2D eigenvalue weighted by Gasteiger charge is 2.28. The number of esters is 1. The van der Waals surface area contributed by atoms with Gasteiger partial charge in [0.05, 0.1) is 24.5 Å². The number of ether oxygens (including phenoxy) is 3. The maximum absolute atomic E-state index is 12.5. The van der Waals surface area contributed by atoms with Gasteiger partial charge in [-0.15, -0.1) is 0 Å². The van der Waals surface area contributed by atoms with Gasteiger partial charge in [0.1, 0.15) is 24.1 Å². The smallest absolute Gasteiger partial charge is 0.328 e. The Hall–Kier alpha value is -4.86. The number of unbranched alkanes of at least 4 members (excludes halogenated alkanes) is 3. The van der Waals surface area contributed by atoms with Crippen LogP contribution in [0.5, 0.6) is 34.5 Å². The average molecular weight is 578 g/mol. The molecule has 1 amide bonds. The lowest BCUT2D eigenvalue weighted by Gasteiger charge is -2.20. The van der Waals surface area contributed by atoms with Crippen LogP contribution in [0, 0.1) is 0 Å². The molecule has 1 atom stereocenters. The van der Waals surface area contributed by atoms with E-state index in [1.54, 1.807) is 48.5 Å². The Morgan fingerprint density at radius 2 is 1.36 bits per heavy atom. The number of carbonyl (C=O) groups is 2. The molecule has 0 radical (unpaired) electrons. The first-order valence-electron chi connectivity index (χ1n) is 13.8. The fraction of sp³-hybridized carbons (Fsp3) is 0.312. The Kier molecular flexibility index (Phi) is 9.46. The van der Waals surface area contributed by atoms with Crippen LogP contribution in [0.2, 0.25) is 0 Å². The molecule has 0 aliphatic heterocycles. The summed E-state index contributed by atoms with van der Waals surface area (Å²) in [5.41, 5.74) is 0.898. The van der Waals surface area contributed by atoms with Crippen LogP contribution in [0.15, 0.2) is 48.5 Å². The predicted molar refractivity (Wildman–Crippen MR) is 157 cm³/mol. The molecular formula is C32H35NO9. The van der Waals surface area contributed by atoms with Crippen LogP contribution in [0.1, 0.15) is 55.5 Å². The molecule has 4 rings (SSSR count). The second kappa shape index (κ2) is 13.2. The highest BCUT2D eigenvalue weighted by atomic mass is 16.5. The first-order valence-corrected chi connectivity index (χ1v) is 13.8. The molecule has 10 nitrogen and oxygen atoms in total.